The molecule has 2 rings (SSSR count). The summed E-state index contributed by atoms with van der Waals surface area (Å²) in [5, 5.41) is 3.36. The molecular weight excluding hydrogens is 240 g/mol. The second-order valence-corrected chi connectivity index (χ2v) is 4.67. The largest absolute Gasteiger partial charge is 0.483 e. The van der Waals surface area contributed by atoms with Crippen molar-refractivity contribution < 1.29 is 9.53 Å². The van der Waals surface area contributed by atoms with Gasteiger partial charge >= 0.3 is 0 Å². The van der Waals surface area contributed by atoms with Crippen molar-refractivity contribution in [3.05, 3.63) is 23.8 Å². The van der Waals surface area contributed by atoms with Gasteiger partial charge in [-0.05, 0) is 38.8 Å². The third-order valence-corrected chi connectivity index (χ3v) is 3.52. The van der Waals surface area contributed by atoms with Gasteiger partial charge in [0, 0.05) is 30.9 Å². The van der Waals surface area contributed by atoms with Gasteiger partial charge in [0.1, 0.15) is 5.75 Å². The van der Waals surface area contributed by atoms with Crippen molar-refractivity contribution in [2.45, 2.75) is 26.7 Å². The summed E-state index contributed by atoms with van der Waals surface area (Å²) in [4.78, 5) is 13.7. The summed E-state index contributed by atoms with van der Waals surface area (Å²) in [7, 11) is 0. The molecule has 1 heterocycles. The molecule has 1 N–H and O–H groups in total. The number of amides is 1. The summed E-state index contributed by atoms with van der Waals surface area (Å²) in [5.74, 6) is 0.886. The number of rotatable bonds is 5. The second-order valence-electron chi connectivity index (χ2n) is 4.67. The van der Waals surface area contributed by atoms with Crippen LogP contribution in [0.3, 0.4) is 0 Å². The van der Waals surface area contributed by atoms with Gasteiger partial charge in [-0.2, -0.15) is 0 Å². The van der Waals surface area contributed by atoms with E-state index >= 15 is 0 Å². The van der Waals surface area contributed by atoms with E-state index in [1.165, 1.54) is 5.56 Å². The van der Waals surface area contributed by atoms with E-state index in [1.807, 2.05) is 26.0 Å². The molecule has 0 spiro atoms. The molecule has 1 amide bonds. The molecule has 0 bridgehead atoms. The zero-order valence-corrected chi connectivity index (χ0v) is 11.7. The Labute approximate surface area is 114 Å². The number of hydrogen-bond acceptors (Lipinski definition) is 3. The standard InChI is InChI=1S/C15H22N2O2/c1-3-17(4-2)15(18)11-19-14-9-5-8-13-12(14)7-6-10-16-13/h5,8-9,16H,3-4,6-7,10-11H2,1-2H3. The van der Waals surface area contributed by atoms with Crippen LogP contribution in [0.4, 0.5) is 5.69 Å². The average Bonchev–Trinajstić information content (AvgIpc) is 2.46. The highest BCUT2D eigenvalue weighted by molar-refractivity contribution is 5.77. The van der Waals surface area contributed by atoms with E-state index < -0.39 is 0 Å². The quantitative estimate of drug-likeness (QED) is 0.885. The van der Waals surface area contributed by atoms with Crippen LogP contribution in [0.25, 0.3) is 0 Å². The van der Waals surface area contributed by atoms with Gasteiger partial charge in [-0.1, -0.05) is 6.07 Å². The van der Waals surface area contributed by atoms with Crippen LogP contribution in [0, 0.1) is 0 Å². The molecular formula is C15H22N2O2. The Bertz CT molecular complexity index is 442. The van der Waals surface area contributed by atoms with Crippen LogP contribution in [-0.4, -0.2) is 37.0 Å². The number of benzene rings is 1. The zero-order chi connectivity index (χ0) is 13.7. The molecule has 0 atom stereocenters. The minimum absolute atomic E-state index is 0.0476. The number of ether oxygens (including phenoxy) is 1. The Hall–Kier alpha value is -1.71. The van der Waals surface area contributed by atoms with Crippen molar-refractivity contribution in [1.29, 1.82) is 0 Å². The normalized spacial score (nSPS) is 13.4. The summed E-state index contributed by atoms with van der Waals surface area (Å²) in [6.45, 7) is 6.55. The first kappa shape index (κ1) is 13.7. The van der Waals surface area contributed by atoms with Crippen molar-refractivity contribution in [3.8, 4) is 5.75 Å². The molecule has 1 aliphatic heterocycles. The molecule has 0 fully saturated rings. The predicted molar refractivity (Wildman–Crippen MR) is 76.7 cm³/mol. The minimum Gasteiger partial charge on any atom is -0.483 e. The molecule has 1 aliphatic rings. The fourth-order valence-corrected chi connectivity index (χ4v) is 2.42. The molecule has 1 aromatic rings. The van der Waals surface area contributed by atoms with Gasteiger partial charge in [0.2, 0.25) is 0 Å². The van der Waals surface area contributed by atoms with Crippen molar-refractivity contribution in [2.24, 2.45) is 0 Å². The van der Waals surface area contributed by atoms with Gasteiger partial charge in [-0.3, -0.25) is 4.79 Å². The third kappa shape index (κ3) is 3.19. The van der Waals surface area contributed by atoms with Gasteiger partial charge in [-0.15, -0.1) is 0 Å². The van der Waals surface area contributed by atoms with Crippen LogP contribution < -0.4 is 10.1 Å². The zero-order valence-electron chi connectivity index (χ0n) is 11.7. The predicted octanol–water partition coefficient (Wildman–Crippen LogP) is 2.29. The Morgan fingerprint density at radius 2 is 2.16 bits per heavy atom. The number of fused-ring (bicyclic) bond motifs is 1. The lowest BCUT2D eigenvalue weighted by molar-refractivity contribution is -0.132. The number of nitrogens with one attached hydrogen (secondary N) is 1. The summed E-state index contributed by atoms with van der Waals surface area (Å²) in [5.41, 5.74) is 2.33. The lowest BCUT2D eigenvalue weighted by Gasteiger charge is -2.22. The van der Waals surface area contributed by atoms with Crippen LogP contribution in [-0.2, 0) is 11.2 Å². The van der Waals surface area contributed by atoms with Crippen LogP contribution in [0.5, 0.6) is 5.75 Å². The molecule has 0 aromatic heterocycles. The molecule has 0 radical (unpaired) electrons. The lowest BCUT2D eigenvalue weighted by atomic mass is 10.0. The van der Waals surface area contributed by atoms with Crippen molar-refractivity contribution >= 4 is 11.6 Å². The Morgan fingerprint density at radius 1 is 1.37 bits per heavy atom. The van der Waals surface area contributed by atoms with E-state index in [1.54, 1.807) is 4.90 Å². The van der Waals surface area contributed by atoms with Gasteiger partial charge < -0.3 is 15.0 Å². The molecule has 0 aliphatic carbocycles. The van der Waals surface area contributed by atoms with Gasteiger partial charge in [0.15, 0.2) is 6.61 Å². The maximum absolute atomic E-state index is 11.9. The first-order valence-corrected chi connectivity index (χ1v) is 7.02. The fraction of sp³-hybridized carbons (Fsp3) is 0.533. The average molecular weight is 262 g/mol. The fourth-order valence-electron chi connectivity index (χ4n) is 2.42. The van der Waals surface area contributed by atoms with E-state index in [-0.39, 0.29) is 12.5 Å². The third-order valence-electron chi connectivity index (χ3n) is 3.52. The summed E-state index contributed by atoms with van der Waals surface area (Å²) < 4.78 is 5.72. The number of hydrogen-bond donors (Lipinski definition) is 1. The highest BCUT2D eigenvalue weighted by atomic mass is 16.5. The number of anilines is 1. The van der Waals surface area contributed by atoms with Gasteiger partial charge in [-0.25, -0.2) is 0 Å². The smallest absolute Gasteiger partial charge is 0.260 e. The summed E-state index contributed by atoms with van der Waals surface area (Å²) in [6, 6.07) is 5.98. The SMILES string of the molecule is CCN(CC)C(=O)COc1cccc2c1CCCN2. The first-order valence-electron chi connectivity index (χ1n) is 7.02. The Kier molecular flexibility index (Phi) is 4.66. The molecule has 4 nitrogen and oxygen atoms in total. The topological polar surface area (TPSA) is 41.6 Å². The first-order chi connectivity index (χ1) is 9.26. The van der Waals surface area contributed by atoms with Crippen molar-refractivity contribution in [1.82, 2.24) is 4.90 Å². The highest BCUT2D eigenvalue weighted by Gasteiger charge is 2.15. The molecule has 19 heavy (non-hydrogen) atoms. The van der Waals surface area contributed by atoms with E-state index in [2.05, 4.69) is 11.4 Å². The van der Waals surface area contributed by atoms with Crippen LogP contribution in [0.2, 0.25) is 0 Å². The molecule has 104 valence electrons. The number of carbonyl (C=O) groups excluding carboxylic acids is 1. The number of nitrogens with zero attached hydrogens (tertiary/aromatic N) is 1. The number of likely N-dealkylation sites (N-methyl/N-ethyl adjacent to an activating group) is 1. The molecule has 0 saturated heterocycles. The summed E-state index contributed by atoms with van der Waals surface area (Å²) in [6.07, 6.45) is 2.12. The van der Waals surface area contributed by atoms with Gasteiger partial charge in [0.05, 0.1) is 0 Å². The van der Waals surface area contributed by atoms with E-state index in [4.69, 9.17) is 4.74 Å². The van der Waals surface area contributed by atoms with Crippen molar-refractivity contribution in [2.75, 3.05) is 31.6 Å². The van der Waals surface area contributed by atoms with Crippen LogP contribution in [0.1, 0.15) is 25.8 Å². The maximum atomic E-state index is 11.9. The molecule has 1 aromatic carbocycles. The minimum atomic E-state index is 0.0476. The molecule has 4 heteroatoms. The number of carbonyl (C=O) groups is 1. The van der Waals surface area contributed by atoms with Crippen molar-refractivity contribution in [3.63, 3.8) is 0 Å². The molecule has 0 saturated carbocycles. The van der Waals surface area contributed by atoms with Crippen LogP contribution >= 0.6 is 0 Å². The highest BCUT2D eigenvalue weighted by Crippen LogP contribution is 2.30. The summed E-state index contributed by atoms with van der Waals surface area (Å²) >= 11 is 0. The lowest BCUT2D eigenvalue weighted by Crippen LogP contribution is -2.34. The van der Waals surface area contributed by atoms with Crippen LogP contribution in [0.15, 0.2) is 18.2 Å². The van der Waals surface area contributed by atoms with E-state index in [0.29, 0.717) is 0 Å². The maximum Gasteiger partial charge on any atom is 0.260 e. The second kappa shape index (κ2) is 6.45. The Balaban J connectivity index is 2.02. The Morgan fingerprint density at radius 3 is 2.89 bits per heavy atom. The molecule has 0 unspecified atom stereocenters. The van der Waals surface area contributed by atoms with Gasteiger partial charge in [0.25, 0.3) is 5.91 Å². The monoisotopic (exact) mass is 262 g/mol. The van der Waals surface area contributed by atoms with E-state index in [0.717, 1.165) is 43.9 Å². The van der Waals surface area contributed by atoms with E-state index in [9.17, 15) is 4.79 Å².